The number of rotatable bonds is 2. The first-order valence-corrected chi connectivity index (χ1v) is 5.85. The molecule has 1 aliphatic rings. The fourth-order valence-electron chi connectivity index (χ4n) is 2.26. The zero-order valence-electron chi connectivity index (χ0n) is 10.3. The zero-order chi connectivity index (χ0) is 14.9. The standard InChI is InChI=1S/C12H12F4N2O2/c13-10-4-8(11(19)17-20)3-7-1-2-18(5-9(7)10)6-12(14,15)16/h3-4,20H,1-2,5-6H2,(H,17,19). The van der Waals surface area contributed by atoms with Gasteiger partial charge in [0.25, 0.3) is 5.91 Å². The van der Waals surface area contributed by atoms with Gasteiger partial charge in [0.1, 0.15) is 5.82 Å². The first-order chi connectivity index (χ1) is 9.30. The highest BCUT2D eigenvalue weighted by molar-refractivity contribution is 5.93. The van der Waals surface area contributed by atoms with E-state index in [0.717, 1.165) is 11.0 Å². The average molecular weight is 292 g/mol. The van der Waals surface area contributed by atoms with Crippen LogP contribution in [0.5, 0.6) is 0 Å². The molecule has 2 rings (SSSR count). The number of fused-ring (bicyclic) bond motifs is 1. The summed E-state index contributed by atoms with van der Waals surface area (Å²) >= 11 is 0. The smallest absolute Gasteiger partial charge is 0.290 e. The monoisotopic (exact) mass is 292 g/mol. The minimum atomic E-state index is -4.33. The SMILES string of the molecule is O=C(NO)c1cc(F)c2c(c1)CCN(CC(F)(F)F)C2. The van der Waals surface area contributed by atoms with Crippen LogP contribution in [0.4, 0.5) is 17.6 Å². The molecule has 0 unspecified atom stereocenters. The van der Waals surface area contributed by atoms with Crippen LogP contribution < -0.4 is 5.48 Å². The molecule has 8 heteroatoms. The van der Waals surface area contributed by atoms with Gasteiger partial charge in [-0.1, -0.05) is 0 Å². The molecule has 1 aliphatic heterocycles. The number of hydrogen-bond acceptors (Lipinski definition) is 3. The summed E-state index contributed by atoms with van der Waals surface area (Å²) in [6.45, 7) is -1.11. The van der Waals surface area contributed by atoms with Crippen molar-refractivity contribution >= 4 is 5.91 Å². The highest BCUT2D eigenvalue weighted by atomic mass is 19.4. The lowest BCUT2D eigenvalue weighted by Crippen LogP contribution is -2.38. The quantitative estimate of drug-likeness (QED) is 0.497. The van der Waals surface area contributed by atoms with E-state index in [0.29, 0.717) is 5.56 Å². The Morgan fingerprint density at radius 3 is 2.70 bits per heavy atom. The summed E-state index contributed by atoms with van der Waals surface area (Å²) in [6, 6.07) is 2.29. The number of nitrogens with one attached hydrogen (secondary N) is 1. The van der Waals surface area contributed by atoms with E-state index in [-0.39, 0.29) is 30.6 Å². The van der Waals surface area contributed by atoms with E-state index >= 15 is 0 Å². The van der Waals surface area contributed by atoms with Gasteiger partial charge in [0.15, 0.2) is 0 Å². The third kappa shape index (κ3) is 3.26. The van der Waals surface area contributed by atoms with Crippen LogP contribution in [0.2, 0.25) is 0 Å². The maximum absolute atomic E-state index is 13.9. The van der Waals surface area contributed by atoms with Gasteiger partial charge in [0, 0.05) is 24.2 Å². The predicted molar refractivity (Wildman–Crippen MR) is 60.7 cm³/mol. The van der Waals surface area contributed by atoms with Crippen LogP contribution in [0.3, 0.4) is 0 Å². The summed E-state index contributed by atoms with van der Waals surface area (Å²) in [6.07, 6.45) is -4.11. The maximum Gasteiger partial charge on any atom is 0.401 e. The minimum Gasteiger partial charge on any atom is -0.290 e. The number of alkyl halides is 3. The van der Waals surface area contributed by atoms with Gasteiger partial charge < -0.3 is 0 Å². The second kappa shape index (κ2) is 5.37. The molecule has 0 fully saturated rings. The zero-order valence-corrected chi connectivity index (χ0v) is 10.3. The number of benzene rings is 1. The van der Waals surface area contributed by atoms with Crippen molar-refractivity contribution in [1.29, 1.82) is 0 Å². The summed E-state index contributed by atoms with van der Waals surface area (Å²) in [4.78, 5) is 12.3. The van der Waals surface area contributed by atoms with E-state index < -0.39 is 24.4 Å². The maximum atomic E-state index is 13.9. The normalized spacial score (nSPS) is 15.8. The molecule has 0 radical (unpaired) electrons. The molecule has 0 aromatic heterocycles. The molecule has 4 nitrogen and oxygen atoms in total. The summed E-state index contributed by atoms with van der Waals surface area (Å²) in [7, 11) is 0. The van der Waals surface area contributed by atoms with Crippen molar-refractivity contribution in [3.8, 4) is 0 Å². The van der Waals surface area contributed by atoms with Gasteiger partial charge in [-0.3, -0.25) is 14.9 Å². The van der Waals surface area contributed by atoms with Crippen LogP contribution in [0.25, 0.3) is 0 Å². The average Bonchev–Trinajstić information content (AvgIpc) is 2.36. The Kier molecular flexibility index (Phi) is 3.96. The van der Waals surface area contributed by atoms with Crippen LogP contribution in [0, 0.1) is 5.82 Å². The van der Waals surface area contributed by atoms with Gasteiger partial charge in [0.05, 0.1) is 6.54 Å². The van der Waals surface area contributed by atoms with E-state index in [9.17, 15) is 22.4 Å². The van der Waals surface area contributed by atoms with Crippen molar-refractivity contribution in [1.82, 2.24) is 10.4 Å². The van der Waals surface area contributed by atoms with Crippen LogP contribution in [0.1, 0.15) is 21.5 Å². The molecule has 2 N–H and O–H groups in total. The molecule has 20 heavy (non-hydrogen) atoms. The van der Waals surface area contributed by atoms with E-state index in [1.165, 1.54) is 11.5 Å². The van der Waals surface area contributed by atoms with Gasteiger partial charge in [0.2, 0.25) is 0 Å². The van der Waals surface area contributed by atoms with Crippen molar-refractivity contribution in [3.63, 3.8) is 0 Å². The highest BCUT2D eigenvalue weighted by Gasteiger charge is 2.33. The van der Waals surface area contributed by atoms with Crippen molar-refractivity contribution in [2.45, 2.75) is 19.1 Å². The van der Waals surface area contributed by atoms with Crippen molar-refractivity contribution in [3.05, 3.63) is 34.6 Å². The lowest BCUT2D eigenvalue weighted by molar-refractivity contribution is -0.147. The number of carbonyl (C=O) groups excluding carboxylic acids is 1. The fraction of sp³-hybridized carbons (Fsp3) is 0.417. The Balaban J connectivity index is 2.23. The third-order valence-electron chi connectivity index (χ3n) is 3.13. The molecule has 1 aromatic carbocycles. The van der Waals surface area contributed by atoms with Gasteiger partial charge in [-0.05, 0) is 24.1 Å². The number of carbonyl (C=O) groups is 1. The molecule has 1 aromatic rings. The van der Waals surface area contributed by atoms with Gasteiger partial charge in [-0.15, -0.1) is 0 Å². The summed E-state index contributed by atoms with van der Waals surface area (Å²) in [5.74, 6) is -1.60. The van der Waals surface area contributed by atoms with E-state index in [1.54, 1.807) is 0 Å². The van der Waals surface area contributed by atoms with Crippen molar-refractivity contribution in [2.75, 3.05) is 13.1 Å². The second-order valence-electron chi connectivity index (χ2n) is 4.61. The van der Waals surface area contributed by atoms with Crippen molar-refractivity contribution < 1.29 is 27.6 Å². The molecule has 0 saturated heterocycles. The minimum absolute atomic E-state index is 0.0620. The Morgan fingerprint density at radius 1 is 1.40 bits per heavy atom. The fourth-order valence-corrected chi connectivity index (χ4v) is 2.26. The number of halogens is 4. The van der Waals surface area contributed by atoms with Crippen LogP contribution in [0.15, 0.2) is 12.1 Å². The van der Waals surface area contributed by atoms with Crippen molar-refractivity contribution in [2.24, 2.45) is 0 Å². The first-order valence-electron chi connectivity index (χ1n) is 5.85. The lowest BCUT2D eigenvalue weighted by atomic mass is 9.96. The molecule has 110 valence electrons. The number of hydrogen-bond donors (Lipinski definition) is 2. The highest BCUT2D eigenvalue weighted by Crippen LogP contribution is 2.26. The Bertz CT molecular complexity index is 531. The van der Waals surface area contributed by atoms with Gasteiger partial charge in [-0.25, -0.2) is 9.87 Å². The molecule has 1 heterocycles. The van der Waals surface area contributed by atoms with Crippen LogP contribution >= 0.6 is 0 Å². The molecule has 0 aliphatic carbocycles. The topological polar surface area (TPSA) is 52.6 Å². The van der Waals surface area contributed by atoms with E-state index in [2.05, 4.69) is 0 Å². The first kappa shape index (κ1) is 14.7. The number of hydroxylamine groups is 1. The van der Waals surface area contributed by atoms with E-state index in [4.69, 9.17) is 5.21 Å². The third-order valence-corrected chi connectivity index (χ3v) is 3.13. The molecule has 1 amide bonds. The second-order valence-corrected chi connectivity index (χ2v) is 4.61. The van der Waals surface area contributed by atoms with E-state index in [1.807, 2.05) is 0 Å². The summed E-state index contributed by atoms with van der Waals surface area (Å²) < 4.78 is 50.8. The molecular formula is C12H12F4N2O2. The largest absolute Gasteiger partial charge is 0.401 e. The molecule has 0 atom stereocenters. The van der Waals surface area contributed by atoms with Crippen LogP contribution in [-0.2, 0) is 13.0 Å². The van der Waals surface area contributed by atoms with Gasteiger partial charge in [-0.2, -0.15) is 13.2 Å². The van der Waals surface area contributed by atoms with Gasteiger partial charge >= 0.3 is 6.18 Å². The molecular weight excluding hydrogens is 280 g/mol. The molecule has 0 spiro atoms. The Morgan fingerprint density at radius 2 is 2.10 bits per heavy atom. The molecule has 0 bridgehead atoms. The Labute approximate surface area is 111 Å². The summed E-state index contributed by atoms with van der Waals surface area (Å²) in [5, 5.41) is 8.50. The lowest BCUT2D eigenvalue weighted by Gasteiger charge is -2.29. The summed E-state index contributed by atoms with van der Waals surface area (Å²) in [5.41, 5.74) is 1.98. The number of nitrogens with zero attached hydrogens (tertiary/aromatic N) is 1. The number of amides is 1. The molecule has 0 saturated carbocycles. The predicted octanol–water partition coefficient (Wildman–Crippen LogP) is 1.87. The van der Waals surface area contributed by atoms with Crippen LogP contribution in [-0.4, -0.2) is 35.3 Å². The Hall–Kier alpha value is -1.67.